The molecule has 23 heavy (non-hydrogen) atoms. The first-order valence-electron chi connectivity index (χ1n) is 7.20. The fourth-order valence-corrected chi connectivity index (χ4v) is 5.96. The van der Waals surface area contributed by atoms with Crippen LogP contribution < -0.4 is 15.9 Å². The van der Waals surface area contributed by atoms with Crippen molar-refractivity contribution in [3.8, 4) is 0 Å². The van der Waals surface area contributed by atoms with Crippen LogP contribution in [0.2, 0.25) is 10.0 Å². The minimum atomic E-state index is -3.03. The van der Waals surface area contributed by atoms with Gasteiger partial charge in [-0.15, -0.1) is 0 Å². The SMILES string of the molecule is Cc1cccc(P(=O)(c2cccc(Cl)c2)c2cccc(Cl)c2)c1. The average Bonchev–Trinajstić information content (AvgIpc) is 2.54. The van der Waals surface area contributed by atoms with Gasteiger partial charge in [0.25, 0.3) is 0 Å². The van der Waals surface area contributed by atoms with Gasteiger partial charge in [-0.25, -0.2) is 0 Å². The van der Waals surface area contributed by atoms with Crippen molar-refractivity contribution in [2.24, 2.45) is 0 Å². The van der Waals surface area contributed by atoms with Crippen LogP contribution in [0, 0.1) is 6.92 Å². The summed E-state index contributed by atoms with van der Waals surface area (Å²) in [5.74, 6) is 0. The Labute approximate surface area is 146 Å². The van der Waals surface area contributed by atoms with Gasteiger partial charge in [0.1, 0.15) is 0 Å². The molecule has 0 saturated carbocycles. The van der Waals surface area contributed by atoms with E-state index in [1.165, 1.54) is 0 Å². The Balaban J connectivity index is 2.32. The van der Waals surface area contributed by atoms with Crippen LogP contribution in [-0.2, 0) is 4.57 Å². The Morgan fingerprint density at radius 2 is 1.13 bits per heavy atom. The van der Waals surface area contributed by atoms with Crippen molar-refractivity contribution in [2.75, 3.05) is 0 Å². The fraction of sp³-hybridized carbons (Fsp3) is 0.0526. The van der Waals surface area contributed by atoms with Crippen LogP contribution in [0.15, 0.2) is 72.8 Å². The Morgan fingerprint density at radius 3 is 1.57 bits per heavy atom. The summed E-state index contributed by atoms with van der Waals surface area (Å²) in [4.78, 5) is 0. The molecule has 3 aromatic rings. The smallest absolute Gasteiger partial charge is 0.171 e. The molecule has 3 aromatic carbocycles. The molecule has 0 fully saturated rings. The fourth-order valence-electron chi connectivity index (χ4n) is 2.62. The highest BCUT2D eigenvalue weighted by molar-refractivity contribution is 7.85. The standard InChI is InChI=1S/C19H15Cl2OP/c1-14-5-2-8-17(11-14)23(22,18-9-3-6-15(20)12-18)19-10-4-7-16(21)13-19/h2-13H,1H3. The molecule has 0 radical (unpaired) electrons. The second kappa shape index (κ2) is 6.53. The van der Waals surface area contributed by atoms with E-state index in [2.05, 4.69) is 0 Å². The summed E-state index contributed by atoms with van der Waals surface area (Å²) in [6.07, 6.45) is 0. The Bertz CT molecular complexity index is 787. The number of halogens is 2. The van der Waals surface area contributed by atoms with E-state index in [9.17, 15) is 4.57 Å². The first kappa shape index (κ1) is 16.3. The van der Waals surface area contributed by atoms with Gasteiger partial charge >= 0.3 is 0 Å². The molecule has 0 spiro atoms. The lowest BCUT2D eigenvalue weighted by Crippen LogP contribution is -2.25. The van der Waals surface area contributed by atoms with Gasteiger partial charge in [0.15, 0.2) is 7.14 Å². The molecule has 0 atom stereocenters. The Hall–Kier alpha value is -1.53. The molecule has 0 aromatic heterocycles. The van der Waals surface area contributed by atoms with Gasteiger partial charge in [0.05, 0.1) is 0 Å². The van der Waals surface area contributed by atoms with Crippen LogP contribution >= 0.6 is 30.3 Å². The van der Waals surface area contributed by atoms with E-state index in [4.69, 9.17) is 23.2 Å². The van der Waals surface area contributed by atoms with Crippen molar-refractivity contribution in [3.05, 3.63) is 88.4 Å². The molecule has 1 nitrogen and oxygen atoms in total. The van der Waals surface area contributed by atoms with E-state index in [1.54, 1.807) is 24.3 Å². The van der Waals surface area contributed by atoms with Gasteiger partial charge in [-0.2, -0.15) is 0 Å². The average molecular weight is 361 g/mol. The van der Waals surface area contributed by atoms with Gasteiger partial charge < -0.3 is 4.57 Å². The predicted octanol–water partition coefficient (Wildman–Crippen LogP) is 4.94. The zero-order valence-corrected chi connectivity index (χ0v) is 14.9. The van der Waals surface area contributed by atoms with Crippen LogP contribution in [-0.4, -0.2) is 0 Å². The maximum absolute atomic E-state index is 14.2. The first-order valence-corrected chi connectivity index (χ1v) is 9.66. The van der Waals surface area contributed by atoms with Crippen LogP contribution in [0.4, 0.5) is 0 Å². The lowest BCUT2D eigenvalue weighted by atomic mass is 10.2. The molecule has 116 valence electrons. The second-order valence-corrected chi connectivity index (χ2v) is 9.05. The van der Waals surface area contributed by atoms with Gasteiger partial charge in [0.2, 0.25) is 0 Å². The van der Waals surface area contributed by atoms with E-state index in [1.807, 2.05) is 55.5 Å². The molecule has 0 heterocycles. The van der Waals surface area contributed by atoms with Crippen molar-refractivity contribution >= 4 is 46.3 Å². The molecule has 0 unspecified atom stereocenters. The summed E-state index contributed by atoms with van der Waals surface area (Å²) in [5, 5.41) is 3.33. The monoisotopic (exact) mass is 360 g/mol. The van der Waals surface area contributed by atoms with E-state index >= 15 is 0 Å². The third-order valence-electron chi connectivity index (χ3n) is 3.71. The molecule has 0 aliphatic heterocycles. The zero-order chi connectivity index (χ0) is 16.4. The summed E-state index contributed by atoms with van der Waals surface area (Å²) in [5.41, 5.74) is 1.06. The summed E-state index contributed by atoms with van der Waals surface area (Å²) in [6, 6.07) is 22.2. The molecule has 3 rings (SSSR count). The maximum Gasteiger partial charge on any atom is 0.171 e. The quantitative estimate of drug-likeness (QED) is 0.604. The lowest BCUT2D eigenvalue weighted by Gasteiger charge is -2.20. The molecule has 0 saturated heterocycles. The molecular weight excluding hydrogens is 346 g/mol. The lowest BCUT2D eigenvalue weighted by molar-refractivity contribution is 0.592. The number of benzene rings is 3. The Kier molecular flexibility index (Phi) is 4.64. The topological polar surface area (TPSA) is 17.1 Å². The number of hydrogen-bond donors (Lipinski definition) is 0. The van der Waals surface area contributed by atoms with Crippen molar-refractivity contribution in [1.29, 1.82) is 0 Å². The van der Waals surface area contributed by atoms with Gasteiger partial charge in [-0.05, 0) is 37.3 Å². The normalized spacial score (nSPS) is 11.4. The molecule has 0 aliphatic carbocycles. The van der Waals surface area contributed by atoms with Crippen molar-refractivity contribution in [2.45, 2.75) is 6.92 Å². The highest BCUT2D eigenvalue weighted by Crippen LogP contribution is 2.43. The number of aryl methyl sites for hydroxylation is 1. The molecule has 4 heteroatoms. The van der Waals surface area contributed by atoms with Gasteiger partial charge in [0, 0.05) is 26.0 Å². The predicted molar refractivity (Wildman–Crippen MR) is 101 cm³/mol. The summed E-state index contributed by atoms with van der Waals surface area (Å²) >= 11 is 12.3. The van der Waals surface area contributed by atoms with Crippen molar-refractivity contribution in [1.82, 2.24) is 0 Å². The van der Waals surface area contributed by atoms with Crippen LogP contribution in [0.25, 0.3) is 0 Å². The molecule has 0 aliphatic rings. The van der Waals surface area contributed by atoms with Crippen LogP contribution in [0.3, 0.4) is 0 Å². The van der Waals surface area contributed by atoms with Gasteiger partial charge in [-0.1, -0.05) is 71.2 Å². The Morgan fingerprint density at radius 1 is 0.696 bits per heavy atom. The van der Waals surface area contributed by atoms with Crippen LogP contribution in [0.1, 0.15) is 5.56 Å². The van der Waals surface area contributed by atoms with E-state index in [0.717, 1.165) is 10.9 Å². The summed E-state index contributed by atoms with van der Waals surface area (Å²) < 4.78 is 14.2. The third-order valence-corrected chi connectivity index (χ3v) is 7.20. The molecule has 0 N–H and O–H groups in total. The highest BCUT2D eigenvalue weighted by Gasteiger charge is 2.30. The third kappa shape index (κ3) is 3.23. The first-order chi connectivity index (χ1) is 11.0. The number of hydrogen-bond acceptors (Lipinski definition) is 1. The maximum atomic E-state index is 14.2. The largest absolute Gasteiger partial charge is 0.309 e. The number of rotatable bonds is 3. The minimum Gasteiger partial charge on any atom is -0.309 e. The van der Waals surface area contributed by atoms with Crippen LogP contribution in [0.5, 0.6) is 0 Å². The van der Waals surface area contributed by atoms with E-state index in [-0.39, 0.29) is 0 Å². The van der Waals surface area contributed by atoms with Crippen molar-refractivity contribution in [3.63, 3.8) is 0 Å². The zero-order valence-electron chi connectivity index (χ0n) is 12.5. The molecule has 0 amide bonds. The second-order valence-electron chi connectivity index (χ2n) is 5.41. The minimum absolute atomic E-state index is 0.567. The molecular formula is C19H15Cl2OP. The molecule has 0 bridgehead atoms. The highest BCUT2D eigenvalue weighted by atomic mass is 35.5. The summed E-state index contributed by atoms with van der Waals surface area (Å²) in [6.45, 7) is 1.99. The van der Waals surface area contributed by atoms with Crippen molar-refractivity contribution < 1.29 is 4.57 Å². The summed E-state index contributed by atoms with van der Waals surface area (Å²) in [7, 11) is -3.03. The van der Waals surface area contributed by atoms with Gasteiger partial charge in [-0.3, -0.25) is 0 Å². The van der Waals surface area contributed by atoms with E-state index in [0.29, 0.717) is 20.7 Å². The van der Waals surface area contributed by atoms with E-state index < -0.39 is 7.14 Å².